The number of rotatable bonds is 2. The average molecular weight is 182 g/mol. The molecule has 2 heterocycles. The molecule has 0 radical (unpaired) electrons. The monoisotopic (exact) mass is 182 g/mol. The van der Waals surface area contributed by atoms with E-state index >= 15 is 0 Å². The van der Waals surface area contributed by atoms with Crippen molar-refractivity contribution in [2.75, 3.05) is 6.54 Å². The van der Waals surface area contributed by atoms with Crippen LogP contribution < -0.4 is 11.1 Å². The third kappa shape index (κ3) is 1.71. The first-order valence-electron chi connectivity index (χ1n) is 4.60. The highest BCUT2D eigenvalue weighted by Crippen LogP contribution is 2.20. The summed E-state index contributed by atoms with van der Waals surface area (Å²) in [7, 11) is 0. The summed E-state index contributed by atoms with van der Waals surface area (Å²) in [6.45, 7) is 2.87. The van der Waals surface area contributed by atoms with Crippen LogP contribution in [0, 0.1) is 0 Å². The standard InChI is InChI=1S/C8H14N4O/c1-5(9)8-11-7(12-13-8)6-3-2-4-10-6/h5-6,10H,2-4,9H2,1H3. The van der Waals surface area contributed by atoms with Gasteiger partial charge >= 0.3 is 0 Å². The summed E-state index contributed by atoms with van der Waals surface area (Å²) in [6, 6.07) is 0.0823. The molecule has 2 rings (SSSR count). The fourth-order valence-electron chi connectivity index (χ4n) is 1.48. The van der Waals surface area contributed by atoms with Gasteiger partial charge in [0.1, 0.15) is 0 Å². The topological polar surface area (TPSA) is 77.0 Å². The van der Waals surface area contributed by atoms with Gasteiger partial charge in [0.25, 0.3) is 0 Å². The summed E-state index contributed by atoms with van der Waals surface area (Å²) in [4.78, 5) is 4.23. The second-order valence-corrected chi connectivity index (χ2v) is 3.43. The maximum atomic E-state index is 5.61. The Morgan fingerprint density at radius 2 is 2.54 bits per heavy atom. The highest BCUT2D eigenvalue weighted by atomic mass is 16.5. The molecule has 5 heteroatoms. The van der Waals surface area contributed by atoms with Crippen LogP contribution in [0.3, 0.4) is 0 Å². The number of nitrogens with one attached hydrogen (secondary N) is 1. The van der Waals surface area contributed by atoms with Crippen molar-refractivity contribution in [3.8, 4) is 0 Å². The number of hydrogen-bond acceptors (Lipinski definition) is 5. The van der Waals surface area contributed by atoms with Crippen LogP contribution in [0.5, 0.6) is 0 Å². The molecule has 1 aliphatic heterocycles. The van der Waals surface area contributed by atoms with Gasteiger partial charge in [0.15, 0.2) is 5.82 Å². The quantitative estimate of drug-likeness (QED) is 0.697. The third-order valence-corrected chi connectivity index (χ3v) is 2.22. The maximum Gasteiger partial charge on any atom is 0.243 e. The zero-order valence-electron chi connectivity index (χ0n) is 7.66. The zero-order chi connectivity index (χ0) is 9.26. The van der Waals surface area contributed by atoms with Crippen LogP contribution in [-0.4, -0.2) is 16.7 Å². The third-order valence-electron chi connectivity index (χ3n) is 2.22. The number of nitrogens with two attached hydrogens (primary N) is 1. The van der Waals surface area contributed by atoms with Gasteiger partial charge in [-0.25, -0.2) is 0 Å². The first-order valence-corrected chi connectivity index (χ1v) is 4.60. The van der Waals surface area contributed by atoms with Crippen LogP contribution >= 0.6 is 0 Å². The van der Waals surface area contributed by atoms with E-state index in [1.807, 2.05) is 6.92 Å². The van der Waals surface area contributed by atoms with E-state index in [2.05, 4.69) is 15.5 Å². The normalized spacial score (nSPS) is 24.9. The van der Waals surface area contributed by atoms with Gasteiger partial charge in [-0.05, 0) is 26.3 Å². The lowest BCUT2D eigenvalue weighted by Gasteiger charge is -2.01. The summed E-state index contributed by atoms with van der Waals surface area (Å²) in [5, 5.41) is 7.19. The van der Waals surface area contributed by atoms with Crippen molar-refractivity contribution in [3.05, 3.63) is 11.7 Å². The van der Waals surface area contributed by atoms with Crippen molar-refractivity contribution in [3.63, 3.8) is 0 Å². The molecule has 1 saturated heterocycles. The van der Waals surface area contributed by atoms with Crippen molar-refractivity contribution in [1.82, 2.24) is 15.5 Å². The molecular formula is C8H14N4O. The van der Waals surface area contributed by atoms with E-state index in [-0.39, 0.29) is 12.1 Å². The van der Waals surface area contributed by atoms with E-state index in [4.69, 9.17) is 10.3 Å². The highest BCUT2D eigenvalue weighted by molar-refractivity contribution is 4.98. The lowest BCUT2D eigenvalue weighted by molar-refractivity contribution is 0.353. The Kier molecular flexibility index (Phi) is 2.28. The van der Waals surface area contributed by atoms with Gasteiger partial charge in [-0.3, -0.25) is 0 Å². The minimum absolute atomic E-state index is 0.178. The molecule has 2 atom stereocenters. The number of hydrogen-bond donors (Lipinski definition) is 2. The van der Waals surface area contributed by atoms with Crippen molar-refractivity contribution in [1.29, 1.82) is 0 Å². The van der Waals surface area contributed by atoms with Crippen LogP contribution in [0.2, 0.25) is 0 Å². The zero-order valence-corrected chi connectivity index (χ0v) is 7.66. The van der Waals surface area contributed by atoms with E-state index in [1.165, 1.54) is 6.42 Å². The molecule has 0 aliphatic carbocycles. The molecule has 72 valence electrons. The van der Waals surface area contributed by atoms with Gasteiger partial charge < -0.3 is 15.6 Å². The largest absolute Gasteiger partial charge is 0.338 e. The van der Waals surface area contributed by atoms with Gasteiger partial charge in [0.05, 0.1) is 12.1 Å². The SMILES string of the molecule is CC(N)c1nc(C2CCCN2)no1. The molecule has 0 aromatic carbocycles. The van der Waals surface area contributed by atoms with Crippen LogP contribution in [-0.2, 0) is 0 Å². The van der Waals surface area contributed by atoms with E-state index < -0.39 is 0 Å². The maximum absolute atomic E-state index is 5.61. The summed E-state index contributed by atoms with van der Waals surface area (Å²) < 4.78 is 5.01. The Balaban J connectivity index is 2.12. The molecule has 13 heavy (non-hydrogen) atoms. The summed E-state index contributed by atoms with van der Waals surface area (Å²) in [5.74, 6) is 1.26. The second-order valence-electron chi connectivity index (χ2n) is 3.43. The van der Waals surface area contributed by atoms with Gasteiger partial charge in [0.2, 0.25) is 5.89 Å². The van der Waals surface area contributed by atoms with Crippen molar-refractivity contribution >= 4 is 0 Å². The van der Waals surface area contributed by atoms with Gasteiger partial charge in [-0.1, -0.05) is 5.16 Å². The van der Waals surface area contributed by atoms with Crippen LogP contribution in [0.25, 0.3) is 0 Å². The molecule has 1 aliphatic rings. The number of nitrogens with zero attached hydrogens (tertiary/aromatic N) is 2. The molecule has 0 amide bonds. The summed E-state index contributed by atoms with van der Waals surface area (Å²) in [6.07, 6.45) is 2.25. The smallest absolute Gasteiger partial charge is 0.243 e. The molecule has 0 spiro atoms. The molecule has 0 saturated carbocycles. The lowest BCUT2D eigenvalue weighted by atomic mass is 10.2. The van der Waals surface area contributed by atoms with E-state index in [9.17, 15) is 0 Å². The van der Waals surface area contributed by atoms with E-state index in [0.29, 0.717) is 5.89 Å². The first-order chi connectivity index (χ1) is 6.27. The van der Waals surface area contributed by atoms with Gasteiger partial charge in [-0.15, -0.1) is 0 Å². The van der Waals surface area contributed by atoms with Crippen LogP contribution in [0.15, 0.2) is 4.52 Å². The Morgan fingerprint density at radius 3 is 3.08 bits per heavy atom. The molecule has 0 bridgehead atoms. The molecular weight excluding hydrogens is 168 g/mol. The first kappa shape index (κ1) is 8.65. The van der Waals surface area contributed by atoms with Gasteiger partial charge in [0, 0.05) is 0 Å². The minimum Gasteiger partial charge on any atom is -0.338 e. The van der Waals surface area contributed by atoms with Gasteiger partial charge in [-0.2, -0.15) is 4.98 Å². The van der Waals surface area contributed by atoms with Crippen molar-refractivity contribution in [2.45, 2.75) is 31.8 Å². The Labute approximate surface area is 76.7 Å². The fraction of sp³-hybridized carbons (Fsp3) is 0.750. The molecule has 1 aromatic heterocycles. The van der Waals surface area contributed by atoms with E-state index in [0.717, 1.165) is 18.8 Å². The van der Waals surface area contributed by atoms with Crippen LogP contribution in [0.1, 0.15) is 43.6 Å². The summed E-state index contributed by atoms with van der Waals surface area (Å²) >= 11 is 0. The molecule has 5 nitrogen and oxygen atoms in total. The van der Waals surface area contributed by atoms with Crippen molar-refractivity contribution in [2.24, 2.45) is 5.73 Å². The van der Waals surface area contributed by atoms with Crippen LogP contribution in [0.4, 0.5) is 0 Å². The average Bonchev–Trinajstić information content (AvgIpc) is 2.75. The molecule has 1 fully saturated rings. The molecule has 2 unspecified atom stereocenters. The lowest BCUT2D eigenvalue weighted by Crippen LogP contribution is -2.14. The number of aromatic nitrogens is 2. The second kappa shape index (κ2) is 3.43. The molecule has 1 aromatic rings. The Bertz CT molecular complexity index is 277. The Hall–Kier alpha value is -0.940. The Morgan fingerprint density at radius 1 is 1.69 bits per heavy atom. The predicted octanol–water partition coefficient (Wildman–Crippen LogP) is 0.514. The predicted molar refractivity (Wildman–Crippen MR) is 46.9 cm³/mol. The van der Waals surface area contributed by atoms with Crippen molar-refractivity contribution < 1.29 is 4.52 Å². The minimum atomic E-state index is -0.178. The van der Waals surface area contributed by atoms with E-state index in [1.54, 1.807) is 0 Å². The highest BCUT2D eigenvalue weighted by Gasteiger charge is 2.22. The molecule has 3 N–H and O–H groups in total. The fourth-order valence-corrected chi connectivity index (χ4v) is 1.48. The summed E-state index contributed by atoms with van der Waals surface area (Å²) in [5.41, 5.74) is 5.61.